The summed E-state index contributed by atoms with van der Waals surface area (Å²) in [4.78, 5) is 11.6. The molecular weight excluding hydrogens is 408 g/mol. The number of aliphatic hydroxyl groups is 1. The van der Waals surface area contributed by atoms with Crippen molar-refractivity contribution in [1.29, 1.82) is 0 Å². The Kier molecular flexibility index (Phi) is 7.37. The van der Waals surface area contributed by atoms with Gasteiger partial charge in [-0.25, -0.2) is 0 Å². The van der Waals surface area contributed by atoms with Gasteiger partial charge in [-0.2, -0.15) is 0 Å². The fraction of sp³-hybridized carbons (Fsp3) is 0.833. The van der Waals surface area contributed by atoms with E-state index in [1.165, 1.54) is 24.0 Å². The van der Waals surface area contributed by atoms with Crippen molar-refractivity contribution in [2.24, 2.45) is 39.9 Å². The molecule has 188 valence electrons. The molecular formula is C30H50O3. The Balaban J connectivity index is 1.91. The molecule has 0 spiro atoms. The maximum atomic E-state index is 11.6. The number of fused-ring (bicyclic) bond motifs is 3. The third-order valence-electron chi connectivity index (χ3n) is 11.1. The molecule has 3 heteroatoms. The van der Waals surface area contributed by atoms with E-state index in [1.807, 2.05) is 0 Å². The van der Waals surface area contributed by atoms with Crippen molar-refractivity contribution in [3.05, 3.63) is 23.8 Å². The Hall–Kier alpha value is -1.09. The average molecular weight is 459 g/mol. The zero-order valence-corrected chi connectivity index (χ0v) is 22.5. The topological polar surface area (TPSA) is 57.5 Å². The Morgan fingerprint density at radius 1 is 1.06 bits per heavy atom. The van der Waals surface area contributed by atoms with Crippen LogP contribution in [0.15, 0.2) is 23.8 Å². The van der Waals surface area contributed by atoms with Gasteiger partial charge in [0.15, 0.2) is 0 Å². The van der Waals surface area contributed by atoms with E-state index in [4.69, 9.17) is 0 Å². The highest BCUT2D eigenvalue weighted by Crippen LogP contribution is 2.74. The molecule has 0 aromatic carbocycles. The predicted octanol–water partition coefficient (Wildman–Crippen LogP) is 7.79. The lowest BCUT2D eigenvalue weighted by Gasteiger charge is -2.66. The lowest BCUT2D eigenvalue weighted by molar-refractivity contribution is -0.179. The summed E-state index contributed by atoms with van der Waals surface area (Å²) in [5.74, 6) is 1.13. The zero-order valence-electron chi connectivity index (χ0n) is 22.5. The number of carbonyl (C=O) groups is 1. The Morgan fingerprint density at radius 3 is 2.27 bits per heavy atom. The molecule has 0 bridgehead atoms. The van der Waals surface area contributed by atoms with Crippen LogP contribution in [0.1, 0.15) is 113 Å². The van der Waals surface area contributed by atoms with Gasteiger partial charge in [-0.3, -0.25) is 4.79 Å². The first kappa shape index (κ1) is 26.5. The molecule has 3 rings (SSSR count). The third-order valence-corrected chi connectivity index (χ3v) is 11.1. The lowest BCUT2D eigenvalue weighted by Crippen LogP contribution is -2.60. The van der Waals surface area contributed by atoms with E-state index in [-0.39, 0.29) is 22.7 Å². The largest absolute Gasteiger partial charge is 0.481 e. The van der Waals surface area contributed by atoms with Gasteiger partial charge >= 0.3 is 5.97 Å². The van der Waals surface area contributed by atoms with Crippen LogP contribution >= 0.6 is 0 Å². The van der Waals surface area contributed by atoms with Crippen LogP contribution in [-0.4, -0.2) is 21.8 Å². The van der Waals surface area contributed by atoms with E-state index < -0.39 is 11.6 Å². The van der Waals surface area contributed by atoms with Gasteiger partial charge in [-0.05, 0) is 125 Å². The molecule has 3 aliphatic rings. The summed E-state index contributed by atoms with van der Waals surface area (Å²) in [5, 5.41) is 21.1. The first-order valence-electron chi connectivity index (χ1n) is 13.4. The zero-order chi connectivity index (χ0) is 24.8. The van der Waals surface area contributed by atoms with Gasteiger partial charge in [0.25, 0.3) is 0 Å². The van der Waals surface area contributed by atoms with E-state index in [0.29, 0.717) is 23.7 Å². The highest BCUT2D eigenvalue weighted by Gasteiger charge is 2.67. The Labute approximate surface area is 203 Å². The summed E-state index contributed by atoms with van der Waals surface area (Å²) < 4.78 is 0. The molecule has 3 nitrogen and oxygen atoms in total. The molecule has 2 N–H and O–H groups in total. The number of carboxylic acid groups (broad SMARTS) is 1. The summed E-state index contributed by atoms with van der Waals surface area (Å²) in [5.41, 5.74) is 2.29. The van der Waals surface area contributed by atoms with Crippen molar-refractivity contribution in [2.75, 3.05) is 0 Å². The minimum atomic E-state index is -0.683. The Bertz CT molecular complexity index is 790. The van der Waals surface area contributed by atoms with Gasteiger partial charge in [0.05, 0.1) is 5.60 Å². The molecule has 0 amide bonds. The molecule has 33 heavy (non-hydrogen) atoms. The molecule has 0 aromatic rings. The fourth-order valence-corrected chi connectivity index (χ4v) is 9.23. The van der Waals surface area contributed by atoms with E-state index in [2.05, 4.69) is 61.1 Å². The van der Waals surface area contributed by atoms with Crippen molar-refractivity contribution in [3.8, 4) is 0 Å². The number of carboxylic acids is 1. The SMILES string of the molecule is C=C(C)[C@@H]1CC[C@]2(C)[C@H](CC[C@@H]3[C@@H]([C@@](C)(O)CCC=C(C)C)CC[C@]32C)[C@]1(C)CCC(=O)O. The van der Waals surface area contributed by atoms with Crippen molar-refractivity contribution in [2.45, 2.75) is 118 Å². The van der Waals surface area contributed by atoms with Gasteiger partial charge < -0.3 is 10.2 Å². The van der Waals surface area contributed by atoms with Crippen LogP contribution in [0.5, 0.6) is 0 Å². The van der Waals surface area contributed by atoms with E-state index >= 15 is 0 Å². The van der Waals surface area contributed by atoms with Crippen LogP contribution in [0.25, 0.3) is 0 Å². The molecule has 0 radical (unpaired) electrons. The van der Waals surface area contributed by atoms with Crippen molar-refractivity contribution >= 4 is 5.97 Å². The molecule has 0 heterocycles. The van der Waals surface area contributed by atoms with Crippen molar-refractivity contribution < 1.29 is 15.0 Å². The summed E-state index contributed by atoms with van der Waals surface area (Å²) in [7, 11) is 0. The van der Waals surface area contributed by atoms with Crippen molar-refractivity contribution in [1.82, 2.24) is 0 Å². The van der Waals surface area contributed by atoms with Crippen molar-refractivity contribution in [3.63, 3.8) is 0 Å². The van der Waals surface area contributed by atoms with Gasteiger partial charge in [0, 0.05) is 6.42 Å². The highest BCUT2D eigenvalue weighted by molar-refractivity contribution is 5.66. The van der Waals surface area contributed by atoms with Crippen LogP contribution in [-0.2, 0) is 4.79 Å². The van der Waals surface area contributed by atoms with Crippen LogP contribution in [0.2, 0.25) is 0 Å². The van der Waals surface area contributed by atoms with E-state index in [1.54, 1.807) is 0 Å². The van der Waals surface area contributed by atoms with Gasteiger partial charge in [0.1, 0.15) is 0 Å². The number of hydrogen-bond acceptors (Lipinski definition) is 2. The van der Waals surface area contributed by atoms with Gasteiger partial charge in [-0.15, -0.1) is 0 Å². The summed E-state index contributed by atoms with van der Waals surface area (Å²) in [6.45, 7) is 20.3. The number of hydrogen-bond donors (Lipinski definition) is 2. The average Bonchev–Trinajstić information content (AvgIpc) is 3.05. The van der Waals surface area contributed by atoms with Crippen LogP contribution in [0.3, 0.4) is 0 Å². The second-order valence-electron chi connectivity index (χ2n) is 13.2. The number of aliphatic carboxylic acids is 1. The second-order valence-corrected chi connectivity index (χ2v) is 13.2. The van der Waals surface area contributed by atoms with E-state index in [9.17, 15) is 15.0 Å². The minimum absolute atomic E-state index is 0.0186. The normalized spacial score (nSPS) is 42.1. The first-order valence-corrected chi connectivity index (χ1v) is 13.4. The van der Waals surface area contributed by atoms with Crippen LogP contribution < -0.4 is 0 Å². The maximum absolute atomic E-state index is 11.6. The summed E-state index contributed by atoms with van der Waals surface area (Å²) in [6, 6.07) is 0. The van der Waals surface area contributed by atoms with Gasteiger partial charge in [-0.1, -0.05) is 44.6 Å². The molecule has 0 saturated heterocycles. The number of allylic oxidation sites excluding steroid dienone is 3. The third kappa shape index (κ3) is 4.48. The minimum Gasteiger partial charge on any atom is -0.481 e. The maximum Gasteiger partial charge on any atom is 0.303 e. The quantitative estimate of drug-likeness (QED) is 0.365. The smallest absolute Gasteiger partial charge is 0.303 e. The molecule has 3 aliphatic carbocycles. The second kappa shape index (κ2) is 9.17. The molecule has 3 fully saturated rings. The highest BCUT2D eigenvalue weighted by atomic mass is 16.4. The first-order chi connectivity index (χ1) is 15.2. The summed E-state index contributed by atoms with van der Waals surface area (Å²) in [6.07, 6.45) is 11.9. The Morgan fingerprint density at radius 2 is 1.70 bits per heavy atom. The van der Waals surface area contributed by atoms with Gasteiger partial charge in [0.2, 0.25) is 0 Å². The number of rotatable bonds is 8. The molecule has 3 saturated carbocycles. The molecule has 0 aromatic heterocycles. The van der Waals surface area contributed by atoms with Crippen LogP contribution in [0.4, 0.5) is 0 Å². The lowest BCUT2D eigenvalue weighted by atomic mass is 9.38. The van der Waals surface area contributed by atoms with E-state index in [0.717, 1.165) is 44.9 Å². The standard InChI is InChI=1S/C30H50O3/c1-20(2)10-9-16-30(8,33)24-14-18-28(6)23(24)11-12-25-27(5,17-15-26(31)32)22(21(3)4)13-19-29(25,28)7/h10,22-25,33H,3,9,11-19H2,1-2,4-8H3,(H,31,32)/t22-,23+,24-,25+,27+,28+,29+,30-/m0/s1. The summed E-state index contributed by atoms with van der Waals surface area (Å²) >= 11 is 0. The molecule has 8 atom stereocenters. The van der Waals surface area contributed by atoms with Crippen LogP contribution in [0, 0.1) is 39.9 Å². The fourth-order valence-electron chi connectivity index (χ4n) is 9.23. The predicted molar refractivity (Wildman–Crippen MR) is 137 cm³/mol. The molecule has 0 unspecified atom stereocenters. The molecule has 0 aliphatic heterocycles. The monoisotopic (exact) mass is 458 g/mol.